The molecule has 0 atom stereocenters. The van der Waals surface area contributed by atoms with Crippen LogP contribution in [0.1, 0.15) is 53.4 Å². The van der Waals surface area contributed by atoms with E-state index in [-0.39, 0.29) is 23.5 Å². The minimum atomic E-state index is -0.384. The minimum absolute atomic E-state index is 0.0381. The topological polar surface area (TPSA) is 49.3 Å². The van der Waals surface area contributed by atoms with Gasteiger partial charge in [-0.1, -0.05) is 27.7 Å². The number of rotatable bonds is 2. The van der Waals surface area contributed by atoms with Crippen LogP contribution in [0.25, 0.3) is 0 Å². The zero-order valence-corrected chi connectivity index (χ0v) is 11.0. The van der Waals surface area contributed by atoms with E-state index in [2.05, 4.69) is 12.2 Å². The zero-order valence-electron chi connectivity index (χ0n) is 11.0. The summed E-state index contributed by atoms with van der Waals surface area (Å²) in [5, 5.41) is 12.6. The third kappa shape index (κ3) is 3.21. The summed E-state index contributed by atoms with van der Waals surface area (Å²) in [6.45, 7) is 7.99. The molecule has 94 valence electrons. The van der Waals surface area contributed by atoms with Crippen molar-refractivity contribution in [2.45, 2.75) is 58.9 Å². The van der Waals surface area contributed by atoms with E-state index >= 15 is 0 Å². The van der Waals surface area contributed by atoms with Crippen molar-refractivity contribution in [3.8, 4) is 0 Å². The standard InChI is InChI=1S/C13H25NO2/c1-10-5-7-13(9-15,8-6-10)14-11(16)12(2,3)4/h10,15H,5-9H2,1-4H3,(H,14,16). The Morgan fingerprint density at radius 2 is 1.88 bits per heavy atom. The molecule has 0 heterocycles. The number of aliphatic hydroxyl groups excluding tert-OH is 1. The van der Waals surface area contributed by atoms with E-state index in [9.17, 15) is 9.90 Å². The monoisotopic (exact) mass is 227 g/mol. The van der Waals surface area contributed by atoms with Crippen molar-refractivity contribution in [2.75, 3.05) is 6.61 Å². The normalized spacial score (nSPS) is 31.2. The second kappa shape index (κ2) is 4.74. The molecule has 0 aromatic carbocycles. The molecule has 0 radical (unpaired) electrons. The summed E-state index contributed by atoms with van der Waals surface area (Å²) in [6.07, 6.45) is 3.97. The fourth-order valence-electron chi connectivity index (χ4n) is 2.07. The summed E-state index contributed by atoms with van der Waals surface area (Å²) in [7, 11) is 0. The third-order valence-electron chi connectivity index (χ3n) is 3.59. The van der Waals surface area contributed by atoms with Gasteiger partial charge in [0, 0.05) is 5.41 Å². The molecular formula is C13H25NO2. The van der Waals surface area contributed by atoms with Crippen LogP contribution >= 0.6 is 0 Å². The first kappa shape index (κ1) is 13.5. The molecule has 3 nitrogen and oxygen atoms in total. The molecule has 16 heavy (non-hydrogen) atoms. The van der Waals surface area contributed by atoms with E-state index in [1.54, 1.807) is 0 Å². The highest BCUT2D eigenvalue weighted by atomic mass is 16.3. The molecule has 2 N–H and O–H groups in total. The molecule has 1 saturated carbocycles. The Hall–Kier alpha value is -0.570. The van der Waals surface area contributed by atoms with Crippen molar-refractivity contribution in [1.82, 2.24) is 5.32 Å². The van der Waals surface area contributed by atoms with Crippen molar-refractivity contribution in [3.63, 3.8) is 0 Å². The van der Waals surface area contributed by atoms with Gasteiger partial charge in [-0.3, -0.25) is 4.79 Å². The zero-order chi connectivity index (χ0) is 12.4. The number of amides is 1. The van der Waals surface area contributed by atoms with Gasteiger partial charge >= 0.3 is 0 Å². The number of aliphatic hydroxyl groups is 1. The highest BCUT2D eigenvalue weighted by Gasteiger charge is 2.37. The lowest BCUT2D eigenvalue weighted by atomic mass is 9.77. The lowest BCUT2D eigenvalue weighted by molar-refractivity contribution is -0.131. The molecular weight excluding hydrogens is 202 g/mol. The van der Waals surface area contributed by atoms with Crippen LogP contribution in [0, 0.1) is 11.3 Å². The van der Waals surface area contributed by atoms with Crippen LogP contribution in [0.3, 0.4) is 0 Å². The van der Waals surface area contributed by atoms with E-state index in [1.165, 1.54) is 0 Å². The van der Waals surface area contributed by atoms with Crippen molar-refractivity contribution in [3.05, 3.63) is 0 Å². The first-order valence-electron chi connectivity index (χ1n) is 6.22. The maximum Gasteiger partial charge on any atom is 0.225 e. The molecule has 1 aliphatic rings. The number of hydrogen-bond acceptors (Lipinski definition) is 2. The summed E-state index contributed by atoms with van der Waals surface area (Å²) in [5.41, 5.74) is -0.748. The Labute approximate surface area is 98.6 Å². The largest absolute Gasteiger partial charge is 0.394 e. The van der Waals surface area contributed by atoms with Gasteiger partial charge in [0.25, 0.3) is 0 Å². The van der Waals surface area contributed by atoms with E-state index in [0.29, 0.717) is 5.92 Å². The van der Waals surface area contributed by atoms with Gasteiger partial charge in [0.05, 0.1) is 12.1 Å². The smallest absolute Gasteiger partial charge is 0.225 e. The number of hydrogen-bond donors (Lipinski definition) is 2. The van der Waals surface area contributed by atoms with E-state index in [1.807, 2.05) is 20.8 Å². The lowest BCUT2D eigenvalue weighted by Gasteiger charge is -2.40. The van der Waals surface area contributed by atoms with Crippen molar-refractivity contribution in [2.24, 2.45) is 11.3 Å². The van der Waals surface area contributed by atoms with Crippen molar-refractivity contribution in [1.29, 1.82) is 0 Å². The number of carbonyl (C=O) groups excluding carboxylic acids is 1. The second-order valence-electron chi connectivity index (χ2n) is 6.33. The van der Waals surface area contributed by atoms with Crippen LogP contribution in [0.4, 0.5) is 0 Å². The van der Waals surface area contributed by atoms with Crippen molar-refractivity contribution < 1.29 is 9.90 Å². The van der Waals surface area contributed by atoms with Gasteiger partial charge in [0.2, 0.25) is 5.91 Å². The van der Waals surface area contributed by atoms with Gasteiger partial charge in [0.15, 0.2) is 0 Å². The second-order valence-corrected chi connectivity index (χ2v) is 6.33. The molecule has 0 unspecified atom stereocenters. The highest BCUT2D eigenvalue weighted by Crippen LogP contribution is 2.32. The maximum absolute atomic E-state index is 12.0. The molecule has 1 rings (SSSR count). The third-order valence-corrected chi connectivity index (χ3v) is 3.59. The number of nitrogens with one attached hydrogen (secondary N) is 1. The maximum atomic E-state index is 12.0. The average Bonchev–Trinajstić information content (AvgIpc) is 2.20. The van der Waals surface area contributed by atoms with Crippen molar-refractivity contribution >= 4 is 5.91 Å². The van der Waals surface area contributed by atoms with Gasteiger partial charge in [-0.25, -0.2) is 0 Å². The quantitative estimate of drug-likeness (QED) is 0.759. The predicted octanol–water partition coefficient (Wildman–Crippen LogP) is 2.09. The summed E-state index contributed by atoms with van der Waals surface area (Å²) < 4.78 is 0. The van der Waals surface area contributed by atoms with Crippen LogP contribution in [-0.2, 0) is 4.79 Å². The Morgan fingerprint density at radius 1 is 1.38 bits per heavy atom. The Bertz CT molecular complexity index is 247. The molecule has 1 amide bonds. The van der Waals surface area contributed by atoms with Gasteiger partial charge in [0.1, 0.15) is 0 Å². The Kier molecular flexibility index (Phi) is 4.00. The minimum Gasteiger partial charge on any atom is -0.394 e. The average molecular weight is 227 g/mol. The SMILES string of the molecule is CC1CCC(CO)(NC(=O)C(C)(C)C)CC1. The summed E-state index contributed by atoms with van der Waals surface area (Å²) in [6, 6.07) is 0. The Morgan fingerprint density at radius 3 is 2.25 bits per heavy atom. The van der Waals surface area contributed by atoms with Crippen LogP contribution in [-0.4, -0.2) is 23.2 Å². The van der Waals surface area contributed by atoms with Gasteiger partial charge in [-0.2, -0.15) is 0 Å². The van der Waals surface area contributed by atoms with Crippen LogP contribution in [0.5, 0.6) is 0 Å². The number of carbonyl (C=O) groups is 1. The lowest BCUT2D eigenvalue weighted by Crippen LogP contribution is -2.55. The summed E-state index contributed by atoms with van der Waals surface area (Å²) in [4.78, 5) is 12.0. The van der Waals surface area contributed by atoms with Gasteiger partial charge < -0.3 is 10.4 Å². The Balaban J connectivity index is 2.65. The molecule has 0 bridgehead atoms. The molecule has 1 aliphatic carbocycles. The summed E-state index contributed by atoms with van der Waals surface area (Å²) in [5.74, 6) is 0.752. The molecule has 0 aromatic heterocycles. The molecule has 3 heteroatoms. The van der Waals surface area contributed by atoms with Crippen LogP contribution < -0.4 is 5.32 Å². The van der Waals surface area contributed by atoms with Crippen LogP contribution in [0.2, 0.25) is 0 Å². The molecule has 0 aliphatic heterocycles. The van der Waals surface area contributed by atoms with Gasteiger partial charge in [-0.05, 0) is 31.6 Å². The fraction of sp³-hybridized carbons (Fsp3) is 0.923. The highest BCUT2D eigenvalue weighted by molar-refractivity contribution is 5.82. The molecule has 0 aromatic rings. The van der Waals surface area contributed by atoms with Gasteiger partial charge in [-0.15, -0.1) is 0 Å². The van der Waals surface area contributed by atoms with E-state index in [4.69, 9.17) is 0 Å². The fourth-order valence-corrected chi connectivity index (χ4v) is 2.07. The predicted molar refractivity (Wildman–Crippen MR) is 65.0 cm³/mol. The first-order valence-corrected chi connectivity index (χ1v) is 6.22. The molecule has 0 saturated heterocycles. The molecule has 1 fully saturated rings. The van der Waals surface area contributed by atoms with E-state index < -0.39 is 0 Å². The summed E-state index contributed by atoms with van der Waals surface area (Å²) >= 11 is 0. The van der Waals surface area contributed by atoms with E-state index in [0.717, 1.165) is 25.7 Å². The van der Waals surface area contributed by atoms with Crippen LogP contribution in [0.15, 0.2) is 0 Å². The molecule has 0 spiro atoms. The first-order chi connectivity index (χ1) is 7.29.